The Bertz CT molecular complexity index is 1020. The number of carbonyl (C=O) groups is 1. The number of hydrogen-bond acceptors (Lipinski definition) is 6. The maximum atomic E-state index is 12.5. The summed E-state index contributed by atoms with van der Waals surface area (Å²) in [5.74, 6) is -0.703. The molecule has 0 unspecified atom stereocenters. The van der Waals surface area contributed by atoms with Crippen molar-refractivity contribution in [1.29, 1.82) is 0 Å². The minimum Gasteiger partial charge on any atom is -0.508 e. The molecule has 0 saturated heterocycles. The molecule has 1 heterocycles. The zero-order chi connectivity index (χ0) is 18.1. The van der Waals surface area contributed by atoms with Gasteiger partial charge >= 0.3 is 6.09 Å². The van der Waals surface area contributed by atoms with Crippen molar-refractivity contribution in [3.05, 3.63) is 52.7 Å². The van der Waals surface area contributed by atoms with Crippen LogP contribution in [-0.4, -0.2) is 32.6 Å². The SMILES string of the molecule is CCOC(=O)n1c(-c2ccc(O)cc2)cc(=O)c2c(O)cc(O)cc21. The van der Waals surface area contributed by atoms with Crippen LogP contribution in [0.5, 0.6) is 17.2 Å². The summed E-state index contributed by atoms with van der Waals surface area (Å²) in [7, 11) is 0. The van der Waals surface area contributed by atoms with Crippen LogP contribution < -0.4 is 5.43 Å². The van der Waals surface area contributed by atoms with E-state index in [9.17, 15) is 24.9 Å². The molecule has 0 amide bonds. The molecule has 0 spiro atoms. The average molecular weight is 341 g/mol. The molecule has 0 atom stereocenters. The lowest BCUT2D eigenvalue weighted by atomic mass is 10.1. The van der Waals surface area contributed by atoms with Crippen molar-refractivity contribution in [2.45, 2.75) is 6.92 Å². The van der Waals surface area contributed by atoms with Crippen LogP contribution in [0, 0.1) is 0 Å². The number of aromatic hydroxyl groups is 3. The Kier molecular flexibility index (Phi) is 4.06. The van der Waals surface area contributed by atoms with E-state index in [2.05, 4.69) is 0 Å². The second-order valence-electron chi connectivity index (χ2n) is 5.33. The van der Waals surface area contributed by atoms with Crippen molar-refractivity contribution in [3.8, 4) is 28.5 Å². The van der Waals surface area contributed by atoms with Crippen LogP contribution in [-0.2, 0) is 4.74 Å². The Morgan fingerprint density at radius 2 is 1.72 bits per heavy atom. The molecule has 0 aliphatic rings. The second kappa shape index (κ2) is 6.20. The highest BCUT2D eigenvalue weighted by atomic mass is 16.5. The van der Waals surface area contributed by atoms with Gasteiger partial charge in [-0.1, -0.05) is 0 Å². The van der Waals surface area contributed by atoms with E-state index in [-0.39, 0.29) is 34.7 Å². The number of ether oxygens (including phenoxy) is 1. The van der Waals surface area contributed by atoms with E-state index in [1.807, 2.05) is 0 Å². The van der Waals surface area contributed by atoms with Crippen molar-refractivity contribution in [2.24, 2.45) is 0 Å². The van der Waals surface area contributed by atoms with Gasteiger partial charge in [0.25, 0.3) is 0 Å². The molecule has 0 aliphatic heterocycles. The fourth-order valence-corrected chi connectivity index (χ4v) is 2.65. The van der Waals surface area contributed by atoms with Gasteiger partial charge in [0, 0.05) is 18.2 Å². The number of carbonyl (C=O) groups excluding carboxylic acids is 1. The van der Waals surface area contributed by atoms with Gasteiger partial charge in [0.05, 0.1) is 23.2 Å². The summed E-state index contributed by atoms with van der Waals surface area (Å²) in [6.07, 6.45) is -0.763. The molecule has 0 saturated carbocycles. The van der Waals surface area contributed by atoms with Gasteiger partial charge in [0.15, 0.2) is 5.43 Å². The lowest BCUT2D eigenvalue weighted by Gasteiger charge is -2.16. The molecule has 7 nitrogen and oxygen atoms in total. The predicted octanol–water partition coefficient (Wildman–Crippen LogP) is 2.79. The number of fused-ring (bicyclic) bond motifs is 1. The number of pyridine rings is 1. The zero-order valence-corrected chi connectivity index (χ0v) is 13.3. The van der Waals surface area contributed by atoms with Crippen LogP contribution in [0.15, 0.2) is 47.3 Å². The fraction of sp³-hybridized carbons (Fsp3) is 0.111. The lowest BCUT2D eigenvalue weighted by Crippen LogP contribution is -2.20. The molecule has 3 aromatic rings. The quantitative estimate of drug-likeness (QED) is 0.661. The van der Waals surface area contributed by atoms with Gasteiger partial charge in [0.1, 0.15) is 17.2 Å². The Morgan fingerprint density at radius 3 is 2.36 bits per heavy atom. The van der Waals surface area contributed by atoms with E-state index in [0.717, 1.165) is 10.6 Å². The Labute approximate surface area is 142 Å². The van der Waals surface area contributed by atoms with Crippen LogP contribution in [0.25, 0.3) is 22.2 Å². The largest absolute Gasteiger partial charge is 0.508 e. The molecule has 2 aromatic carbocycles. The van der Waals surface area contributed by atoms with E-state index >= 15 is 0 Å². The van der Waals surface area contributed by atoms with Gasteiger partial charge in [0.2, 0.25) is 0 Å². The third-order valence-electron chi connectivity index (χ3n) is 3.69. The fourth-order valence-electron chi connectivity index (χ4n) is 2.65. The first-order chi connectivity index (χ1) is 11.9. The van der Waals surface area contributed by atoms with Crippen LogP contribution in [0.1, 0.15) is 6.92 Å². The Balaban J connectivity index is 2.44. The molecule has 0 aliphatic carbocycles. The van der Waals surface area contributed by atoms with E-state index in [0.29, 0.717) is 5.56 Å². The molecule has 7 heteroatoms. The summed E-state index contributed by atoms with van der Waals surface area (Å²) < 4.78 is 6.15. The molecule has 128 valence electrons. The van der Waals surface area contributed by atoms with E-state index in [1.54, 1.807) is 6.92 Å². The molecular weight excluding hydrogens is 326 g/mol. The van der Waals surface area contributed by atoms with Crippen molar-refractivity contribution in [1.82, 2.24) is 4.57 Å². The molecular formula is C18H15NO6. The first-order valence-electron chi connectivity index (χ1n) is 7.50. The minimum absolute atomic E-state index is 0.0199. The van der Waals surface area contributed by atoms with Gasteiger partial charge < -0.3 is 20.1 Å². The molecule has 0 radical (unpaired) electrons. The normalized spacial score (nSPS) is 10.8. The van der Waals surface area contributed by atoms with E-state index < -0.39 is 17.3 Å². The average Bonchev–Trinajstić information content (AvgIpc) is 2.54. The van der Waals surface area contributed by atoms with Crippen molar-refractivity contribution < 1.29 is 24.9 Å². The number of hydrogen-bond donors (Lipinski definition) is 3. The highest BCUT2D eigenvalue weighted by Crippen LogP contribution is 2.31. The molecule has 3 rings (SSSR count). The molecule has 0 fully saturated rings. The lowest BCUT2D eigenvalue weighted by molar-refractivity contribution is 0.155. The van der Waals surface area contributed by atoms with Gasteiger partial charge in [-0.05, 0) is 36.8 Å². The van der Waals surface area contributed by atoms with Gasteiger partial charge in [-0.2, -0.15) is 0 Å². The third kappa shape index (κ3) is 2.87. The minimum atomic E-state index is -0.763. The molecule has 25 heavy (non-hydrogen) atoms. The highest BCUT2D eigenvalue weighted by molar-refractivity contribution is 5.96. The molecule has 3 N–H and O–H groups in total. The number of phenolic OH excluding ortho intramolecular Hbond substituents is 3. The Morgan fingerprint density at radius 1 is 1.04 bits per heavy atom. The summed E-state index contributed by atoms with van der Waals surface area (Å²) >= 11 is 0. The number of rotatable bonds is 2. The third-order valence-corrected chi connectivity index (χ3v) is 3.69. The number of phenols is 3. The van der Waals surface area contributed by atoms with Crippen molar-refractivity contribution in [3.63, 3.8) is 0 Å². The van der Waals surface area contributed by atoms with Gasteiger partial charge in [-0.3, -0.25) is 4.79 Å². The first-order valence-corrected chi connectivity index (χ1v) is 7.50. The second-order valence-corrected chi connectivity index (χ2v) is 5.33. The van der Waals surface area contributed by atoms with E-state index in [1.165, 1.54) is 36.4 Å². The van der Waals surface area contributed by atoms with Crippen molar-refractivity contribution >= 4 is 17.0 Å². The van der Waals surface area contributed by atoms with Crippen molar-refractivity contribution in [2.75, 3.05) is 6.61 Å². The first kappa shape index (κ1) is 16.4. The number of benzene rings is 2. The maximum Gasteiger partial charge on any atom is 0.418 e. The summed E-state index contributed by atoms with van der Waals surface area (Å²) in [5.41, 5.74) is 0.191. The number of nitrogens with zero attached hydrogens (tertiary/aromatic N) is 1. The van der Waals surface area contributed by atoms with Crippen LogP contribution in [0.2, 0.25) is 0 Å². The summed E-state index contributed by atoms with van der Waals surface area (Å²) in [6.45, 7) is 1.74. The standard InChI is InChI=1S/C18H15NO6/c1-2-25-18(24)19-13(10-3-5-11(20)6-4-10)9-16(23)17-14(19)7-12(21)8-15(17)22/h3-9,20-22H,2H2,1H3. The molecule has 0 bridgehead atoms. The van der Waals surface area contributed by atoms with Gasteiger partial charge in [-0.25, -0.2) is 9.36 Å². The smallest absolute Gasteiger partial charge is 0.418 e. The summed E-state index contributed by atoms with van der Waals surface area (Å²) in [5, 5.41) is 29.1. The van der Waals surface area contributed by atoms with E-state index in [4.69, 9.17) is 4.74 Å². The molecule has 1 aromatic heterocycles. The maximum absolute atomic E-state index is 12.5. The number of aromatic nitrogens is 1. The van der Waals surface area contributed by atoms with Gasteiger partial charge in [-0.15, -0.1) is 0 Å². The Hall–Kier alpha value is -3.48. The highest BCUT2D eigenvalue weighted by Gasteiger charge is 2.20. The monoisotopic (exact) mass is 341 g/mol. The van der Waals surface area contributed by atoms with Crippen LogP contribution >= 0.6 is 0 Å². The van der Waals surface area contributed by atoms with Crippen LogP contribution in [0.4, 0.5) is 4.79 Å². The van der Waals surface area contributed by atoms with Crippen LogP contribution in [0.3, 0.4) is 0 Å². The predicted molar refractivity (Wildman–Crippen MR) is 91.1 cm³/mol. The topological polar surface area (TPSA) is 109 Å². The zero-order valence-electron chi connectivity index (χ0n) is 13.3. The summed E-state index contributed by atoms with van der Waals surface area (Å²) in [4.78, 5) is 24.9. The summed E-state index contributed by atoms with van der Waals surface area (Å²) in [6, 6.07) is 9.33.